The lowest BCUT2D eigenvalue weighted by Crippen LogP contribution is -2.32. The van der Waals surface area contributed by atoms with Crippen LogP contribution in [-0.4, -0.2) is 15.9 Å². The van der Waals surface area contributed by atoms with Crippen molar-refractivity contribution in [2.24, 2.45) is 0 Å². The van der Waals surface area contributed by atoms with Crippen molar-refractivity contribution >= 4 is 23.1 Å². The van der Waals surface area contributed by atoms with E-state index in [1.54, 1.807) is 42.5 Å². The molecule has 0 aliphatic carbocycles. The monoisotopic (exact) mass is 336 g/mol. The Bertz CT molecular complexity index is 1020. The fourth-order valence-electron chi connectivity index (χ4n) is 2.38. The van der Waals surface area contributed by atoms with Crippen molar-refractivity contribution in [2.75, 3.05) is 10.6 Å². The van der Waals surface area contributed by atoms with E-state index in [-0.39, 0.29) is 11.4 Å². The van der Waals surface area contributed by atoms with Gasteiger partial charge in [-0.2, -0.15) is 0 Å². The van der Waals surface area contributed by atoms with Gasteiger partial charge in [0.15, 0.2) is 0 Å². The highest BCUT2D eigenvalue weighted by Crippen LogP contribution is 2.17. The van der Waals surface area contributed by atoms with Crippen LogP contribution in [0, 0.1) is 6.92 Å². The van der Waals surface area contributed by atoms with E-state index in [1.165, 1.54) is 0 Å². The average Bonchev–Trinajstić information content (AvgIpc) is 2.55. The third-order valence-electron chi connectivity index (χ3n) is 3.49. The summed E-state index contributed by atoms with van der Waals surface area (Å²) < 4.78 is 0. The Balaban J connectivity index is 1.98. The number of amides is 1. The lowest BCUT2D eigenvalue weighted by molar-refractivity contribution is 0.102. The van der Waals surface area contributed by atoms with Crippen LogP contribution in [0.1, 0.15) is 15.9 Å². The molecule has 7 heteroatoms. The van der Waals surface area contributed by atoms with Crippen molar-refractivity contribution in [1.82, 2.24) is 9.97 Å². The van der Waals surface area contributed by atoms with Gasteiger partial charge in [-0.3, -0.25) is 19.6 Å². The van der Waals surface area contributed by atoms with Gasteiger partial charge in [-0.1, -0.05) is 30.3 Å². The number of hydrogen-bond donors (Lipinski definition) is 4. The van der Waals surface area contributed by atoms with Crippen molar-refractivity contribution in [2.45, 2.75) is 6.92 Å². The molecular weight excluding hydrogens is 320 g/mol. The number of nitrogens with one attached hydrogen (secondary N) is 4. The Morgan fingerprint density at radius 2 is 1.64 bits per heavy atom. The average molecular weight is 336 g/mol. The maximum atomic E-state index is 12.6. The number of para-hydroxylation sites is 1. The molecule has 126 valence electrons. The zero-order chi connectivity index (χ0) is 17.8. The van der Waals surface area contributed by atoms with Gasteiger partial charge >= 0.3 is 5.69 Å². The van der Waals surface area contributed by atoms with E-state index in [2.05, 4.69) is 20.6 Å². The molecule has 25 heavy (non-hydrogen) atoms. The van der Waals surface area contributed by atoms with Crippen LogP contribution in [0.25, 0.3) is 0 Å². The highest BCUT2D eigenvalue weighted by molar-refractivity contribution is 6.07. The molecule has 1 heterocycles. The van der Waals surface area contributed by atoms with Gasteiger partial charge in [-0.05, 0) is 36.8 Å². The summed E-state index contributed by atoms with van der Waals surface area (Å²) in [6.07, 6.45) is 0. The van der Waals surface area contributed by atoms with E-state index in [1.807, 2.05) is 19.1 Å². The third-order valence-corrected chi connectivity index (χ3v) is 3.49. The smallest absolute Gasteiger partial charge is 0.327 e. The second-order valence-corrected chi connectivity index (χ2v) is 5.47. The van der Waals surface area contributed by atoms with E-state index in [9.17, 15) is 14.4 Å². The van der Waals surface area contributed by atoms with E-state index < -0.39 is 17.2 Å². The Labute approximate surface area is 142 Å². The molecule has 0 saturated carbocycles. The molecule has 3 rings (SSSR count). The van der Waals surface area contributed by atoms with Gasteiger partial charge < -0.3 is 10.6 Å². The highest BCUT2D eigenvalue weighted by Gasteiger charge is 2.18. The Morgan fingerprint density at radius 1 is 0.920 bits per heavy atom. The number of carbonyl (C=O) groups excluding carboxylic acids is 1. The van der Waals surface area contributed by atoms with Gasteiger partial charge in [0.2, 0.25) is 0 Å². The second-order valence-electron chi connectivity index (χ2n) is 5.47. The molecule has 0 fully saturated rings. The number of hydrogen-bond acceptors (Lipinski definition) is 4. The van der Waals surface area contributed by atoms with Crippen molar-refractivity contribution in [1.29, 1.82) is 0 Å². The minimum absolute atomic E-state index is 0.0325. The molecule has 0 aliphatic heterocycles. The summed E-state index contributed by atoms with van der Waals surface area (Å²) in [5, 5.41) is 5.56. The lowest BCUT2D eigenvalue weighted by atomic mass is 10.2. The largest absolute Gasteiger partial charge is 0.341 e. The van der Waals surface area contributed by atoms with E-state index in [0.717, 1.165) is 5.56 Å². The number of carbonyl (C=O) groups is 1. The minimum atomic E-state index is -0.771. The molecule has 1 amide bonds. The first-order valence-corrected chi connectivity index (χ1v) is 7.59. The fraction of sp³-hybridized carbons (Fsp3) is 0.0556. The normalized spacial score (nSPS) is 10.3. The van der Waals surface area contributed by atoms with Crippen LogP contribution in [0.2, 0.25) is 0 Å². The lowest BCUT2D eigenvalue weighted by Gasteiger charge is -2.11. The summed E-state index contributed by atoms with van der Waals surface area (Å²) in [5.74, 6) is -0.591. The molecule has 0 spiro atoms. The molecule has 0 saturated heterocycles. The maximum Gasteiger partial charge on any atom is 0.327 e. The van der Waals surface area contributed by atoms with Gasteiger partial charge in [0, 0.05) is 11.4 Å². The van der Waals surface area contributed by atoms with E-state index in [4.69, 9.17) is 0 Å². The number of anilines is 3. The Morgan fingerprint density at radius 3 is 2.36 bits per heavy atom. The van der Waals surface area contributed by atoms with Crippen LogP contribution in [-0.2, 0) is 0 Å². The number of aromatic amines is 2. The van der Waals surface area contributed by atoms with Crippen LogP contribution in [0.5, 0.6) is 0 Å². The van der Waals surface area contributed by atoms with Gasteiger partial charge in [0.1, 0.15) is 11.4 Å². The summed E-state index contributed by atoms with van der Waals surface area (Å²) in [6.45, 7) is 1.89. The number of aromatic nitrogens is 2. The van der Waals surface area contributed by atoms with Gasteiger partial charge in [-0.25, -0.2) is 4.79 Å². The third kappa shape index (κ3) is 3.84. The first kappa shape index (κ1) is 16.3. The Kier molecular flexibility index (Phi) is 4.47. The predicted octanol–water partition coefficient (Wildman–Crippen LogP) is 2.37. The van der Waals surface area contributed by atoms with Crippen LogP contribution < -0.4 is 21.9 Å². The molecule has 0 bridgehead atoms. The molecule has 1 aromatic heterocycles. The molecular formula is C18H16N4O3. The number of aryl methyl sites for hydroxylation is 1. The van der Waals surface area contributed by atoms with Crippen LogP contribution in [0.4, 0.5) is 17.2 Å². The maximum absolute atomic E-state index is 12.6. The standard InChI is InChI=1S/C18H16N4O3/c1-11-6-5-9-13(10-11)20-16(23)14-15(21-18(25)22-17(14)24)19-12-7-3-2-4-8-12/h2-10H,1H3,(H,20,23)(H3,19,21,22,24,25). The predicted molar refractivity (Wildman–Crippen MR) is 96.5 cm³/mol. The topological polar surface area (TPSA) is 107 Å². The molecule has 7 nitrogen and oxygen atoms in total. The van der Waals surface area contributed by atoms with Crippen molar-refractivity contribution in [3.8, 4) is 0 Å². The van der Waals surface area contributed by atoms with Crippen LogP contribution in [0.3, 0.4) is 0 Å². The van der Waals surface area contributed by atoms with Crippen molar-refractivity contribution in [3.63, 3.8) is 0 Å². The van der Waals surface area contributed by atoms with Crippen molar-refractivity contribution in [3.05, 3.63) is 86.6 Å². The van der Waals surface area contributed by atoms with Crippen molar-refractivity contribution < 1.29 is 4.79 Å². The van der Waals surface area contributed by atoms with Crippen LogP contribution >= 0.6 is 0 Å². The first-order chi connectivity index (χ1) is 12.0. The molecule has 2 aromatic carbocycles. The number of rotatable bonds is 4. The zero-order valence-electron chi connectivity index (χ0n) is 13.4. The highest BCUT2D eigenvalue weighted by atomic mass is 16.2. The quantitative estimate of drug-likeness (QED) is 0.587. The summed E-state index contributed by atoms with van der Waals surface area (Å²) in [5.41, 5.74) is 0.484. The molecule has 0 atom stereocenters. The summed E-state index contributed by atoms with van der Waals surface area (Å²) in [7, 11) is 0. The molecule has 0 radical (unpaired) electrons. The molecule has 0 unspecified atom stereocenters. The fourth-order valence-corrected chi connectivity index (χ4v) is 2.38. The molecule has 4 N–H and O–H groups in total. The minimum Gasteiger partial charge on any atom is -0.341 e. The second kappa shape index (κ2) is 6.88. The van der Waals surface area contributed by atoms with Gasteiger partial charge in [0.25, 0.3) is 11.5 Å². The SMILES string of the molecule is Cc1cccc(NC(=O)c2c(Nc3ccccc3)[nH]c(=O)[nH]c2=O)c1. The number of benzene rings is 2. The molecule has 3 aromatic rings. The van der Waals surface area contributed by atoms with E-state index in [0.29, 0.717) is 11.4 Å². The zero-order valence-corrected chi connectivity index (χ0v) is 13.4. The van der Waals surface area contributed by atoms with Gasteiger partial charge in [0.05, 0.1) is 0 Å². The summed E-state index contributed by atoms with van der Waals surface area (Å²) in [4.78, 5) is 40.9. The summed E-state index contributed by atoms with van der Waals surface area (Å²) >= 11 is 0. The van der Waals surface area contributed by atoms with Crippen LogP contribution in [0.15, 0.2) is 64.2 Å². The first-order valence-electron chi connectivity index (χ1n) is 7.59. The summed E-state index contributed by atoms with van der Waals surface area (Å²) in [6, 6.07) is 16.1. The molecule has 0 aliphatic rings. The Hall–Kier alpha value is -3.61. The van der Waals surface area contributed by atoms with E-state index >= 15 is 0 Å². The van der Waals surface area contributed by atoms with Gasteiger partial charge in [-0.15, -0.1) is 0 Å². The number of H-pyrrole nitrogens is 2.